The van der Waals surface area contributed by atoms with Crippen LogP contribution in [0.1, 0.15) is 30.0 Å². The summed E-state index contributed by atoms with van der Waals surface area (Å²) in [5.74, 6) is 1.91. The topological polar surface area (TPSA) is 35.9 Å². The SMILES string of the molecule is CN(C)C1CCCN(C2c3ccccc3Oc3cc(O)ccc32)C1. The average Bonchev–Trinajstić information content (AvgIpc) is 2.59. The first-order chi connectivity index (χ1) is 11.6. The predicted octanol–water partition coefficient (Wildman–Crippen LogP) is 3.61. The van der Waals surface area contributed by atoms with Crippen LogP contribution in [-0.2, 0) is 0 Å². The number of phenols is 1. The molecule has 0 aliphatic carbocycles. The molecule has 4 rings (SSSR count). The van der Waals surface area contributed by atoms with Gasteiger partial charge in [0.25, 0.3) is 0 Å². The third-order valence-corrected chi connectivity index (χ3v) is 5.25. The Morgan fingerprint density at radius 2 is 1.88 bits per heavy atom. The van der Waals surface area contributed by atoms with Gasteiger partial charge < -0.3 is 14.7 Å². The fourth-order valence-electron chi connectivity index (χ4n) is 3.96. The molecule has 0 bridgehead atoms. The van der Waals surface area contributed by atoms with Gasteiger partial charge in [0.15, 0.2) is 0 Å². The second kappa shape index (κ2) is 6.11. The first-order valence-corrected chi connectivity index (χ1v) is 8.63. The molecule has 0 spiro atoms. The van der Waals surface area contributed by atoms with Crippen molar-refractivity contribution in [1.29, 1.82) is 0 Å². The smallest absolute Gasteiger partial charge is 0.136 e. The summed E-state index contributed by atoms with van der Waals surface area (Å²) in [5, 5.41) is 9.85. The minimum Gasteiger partial charge on any atom is -0.508 e. The van der Waals surface area contributed by atoms with Gasteiger partial charge >= 0.3 is 0 Å². The van der Waals surface area contributed by atoms with Crippen LogP contribution in [-0.4, -0.2) is 48.1 Å². The number of hydrogen-bond acceptors (Lipinski definition) is 4. The number of aromatic hydroxyl groups is 1. The summed E-state index contributed by atoms with van der Waals surface area (Å²) in [6, 6.07) is 14.5. The van der Waals surface area contributed by atoms with E-state index in [0.29, 0.717) is 6.04 Å². The molecule has 4 nitrogen and oxygen atoms in total. The molecule has 24 heavy (non-hydrogen) atoms. The van der Waals surface area contributed by atoms with Gasteiger partial charge in [-0.15, -0.1) is 0 Å². The van der Waals surface area contributed by atoms with Crippen molar-refractivity contribution in [2.24, 2.45) is 0 Å². The zero-order valence-corrected chi connectivity index (χ0v) is 14.3. The molecule has 2 aliphatic heterocycles. The van der Waals surface area contributed by atoms with Gasteiger partial charge in [-0.1, -0.05) is 18.2 Å². The lowest BCUT2D eigenvalue weighted by Gasteiger charge is -2.42. The Morgan fingerprint density at radius 1 is 1.08 bits per heavy atom. The van der Waals surface area contributed by atoms with Crippen molar-refractivity contribution >= 4 is 0 Å². The van der Waals surface area contributed by atoms with Gasteiger partial charge in [-0.25, -0.2) is 0 Å². The summed E-state index contributed by atoms with van der Waals surface area (Å²) in [5.41, 5.74) is 2.36. The summed E-state index contributed by atoms with van der Waals surface area (Å²) < 4.78 is 6.06. The summed E-state index contributed by atoms with van der Waals surface area (Å²) in [6.45, 7) is 2.13. The third kappa shape index (κ3) is 2.66. The maximum Gasteiger partial charge on any atom is 0.136 e. The molecule has 2 aromatic rings. The normalized spacial score (nSPS) is 23.5. The molecule has 1 saturated heterocycles. The summed E-state index contributed by atoms with van der Waals surface area (Å²) in [7, 11) is 4.33. The number of likely N-dealkylation sites (tertiary alicyclic amines) is 1. The molecule has 0 aromatic heterocycles. The number of rotatable bonds is 2. The molecule has 1 N–H and O–H groups in total. The van der Waals surface area contributed by atoms with E-state index in [4.69, 9.17) is 4.74 Å². The second-order valence-corrected chi connectivity index (χ2v) is 7.02. The molecule has 1 fully saturated rings. The number of hydrogen-bond donors (Lipinski definition) is 1. The molecule has 0 saturated carbocycles. The van der Waals surface area contributed by atoms with E-state index < -0.39 is 0 Å². The van der Waals surface area contributed by atoms with Gasteiger partial charge in [0.05, 0.1) is 6.04 Å². The molecule has 2 heterocycles. The molecular formula is C20H24N2O2. The van der Waals surface area contributed by atoms with Crippen molar-refractivity contribution in [2.45, 2.75) is 24.9 Å². The largest absolute Gasteiger partial charge is 0.508 e. The molecule has 2 aromatic carbocycles. The number of phenolic OH excluding ortho intramolecular Hbond substituents is 1. The molecule has 126 valence electrons. The van der Waals surface area contributed by atoms with E-state index in [1.165, 1.54) is 18.4 Å². The van der Waals surface area contributed by atoms with Crippen molar-refractivity contribution in [2.75, 3.05) is 27.2 Å². The lowest BCUT2D eigenvalue weighted by atomic mass is 9.90. The fourth-order valence-corrected chi connectivity index (χ4v) is 3.96. The van der Waals surface area contributed by atoms with Crippen molar-refractivity contribution in [3.8, 4) is 17.2 Å². The number of para-hydroxylation sites is 1. The monoisotopic (exact) mass is 324 g/mol. The van der Waals surface area contributed by atoms with Gasteiger partial charge in [0.2, 0.25) is 0 Å². The molecule has 0 amide bonds. The van der Waals surface area contributed by atoms with Crippen LogP contribution in [0.2, 0.25) is 0 Å². The first kappa shape index (κ1) is 15.5. The first-order valence-electron chi connectivity index (χ1n) is 8.63. The van der Waals surface area contributed by atoms with E-state index in [2.05, 4.69) is 36.0 Å². The summed E-state index contributed by atoms with van der Waals surface area (Å²) in [6.07, 6.45) is 2.45. The molecule has 2 aliphatic rings. The number of fused-ring (bicyclic) bond motifs is 2. The van der Waals surface area contributed by atoms with Crippen LogP contribution in [0.5, 0.6) is 17.2 Å². The number of likely N-dealkylation sites (N-methyl/N-ethyl adjacent to an activating group) is 1. The second-order valence-electron chi connectivity index (χ2n) is 7.02. The highest BCUT2D eigenvalue weighted by molar-refractivity contribution is 5.55. The van der Waals surface area contributed by atoms with E-state index in [9.17, 15) is 5.11 Å². The maximum atomic E-state index is 9.85. The zero-order valence-electron chi connectivity index (χ0n) is 14.3. The Kier molecular flexibility index (Phi) is 3.94. The lowest BCUT2D eigenvalue weighted by molar-refractivity contribution is 0.106. The van der Waals surface area contributed by atoms with Crippen LogP contribution in [0.25, 0.3) is 0 Å². The Hall–Kier alpha value is -2.04. The fraction of sp³-hybridized carbons (Fsp3) is 0.400. The van der Waals surface area contributed by atoms with Gasteiger partial charge in [0.1, 0.15) is 17.2 Å². The Balaban J connectivity index is 1.77. The number of nitrogens with zero attached hydrogens (tertiary/aromatic N) is 2. The van der Waals surface area contributed by atoms with Crippen molar-refractivity contribution in [3.05, 3.63) is 53.6 Å². The Labute approximate surface area is 143 Å². The van der Waals surface area contributed by atoms with E-state index in [1.807, 2.05) is 18.2 Å². The standard InChI is InChI=1S/C20H24N2O2/c1-21(2)14-6-5-11-22(13-14)20-16-7-3-4-8-18(16)24-19-12-15(23)9-10-17(19)20/h3-4,7-10,12,14,20,23H,5-6,11,13H2,1-2H3. The Bertz CT molecular complexity index is 744. The lowest BCUT2D eigenvalue weighted by Crippen LogP contribution is -2.47. The molecule has 0 radical (unpaired) electrons. The highest BCUT2D eigenvalue weighted by atomic mass is 16.5. The number of ether oxygens (including phenoxy) is 1. The van der Waals surface area contributed by atoms with Crippen LogP contribution < -0.4 is 4.74 Å². The van der Waals surface area contributed by atoms with Gasteiger partial charge in [-0.05, 0) is 51.7 Å². The average molecular weight is 324 g/mol. The molecular weight excluding hydrogens is 300 g/mol. The van der Waals surface area contributed by atoms with Crippen molar-refractivity contribution < 1.29 is 9.84 Å². The van der Waals surface area contributed by atoms with Crippen LogP contribution in [0.4, 0.5) is 0 Å². The van der Waals surface area contributed by atoms with E-state index in [0.717, 1.165) is 30.2 Å². The number of piperidine rings is 1. The van der Waals surface area contributed by atoms with Crippen LogP contribution in [0, 0.1) is 0 Å². The third-order valence-electron chi connectivity index (χ3n) is 5.25. The summed E-state index contributed by atoms with van der Waals surface area (Å²) >= 11 is 0. The van der Waals surface area contributed by atoms with Gasteiger partial charge in [0, 0.05) is 29.8 Å². The number of benzene rings is 2. The van der Waals surface area contributed by atoms with E-state index in [-0.39, 0.29) is 11.8 Å². The zero-order chi connectivity index (χ0) is 16.7. The van der Waals surface area contributed by atoms with Crippen LogP contribution in [0.15, 0.2) is 42.5 Å². The maximum absolute atomic E-state index is 9.85. The van der Waals surface area contributed by atoms with Crippen LogP contribution >= 0.6 is 0 Å². The highest BCUT2D eigenvalue weighted by Crippen LogP contribution is 2.47. The van der Waals surface area contributed by atoms with Crippen LogP contribution in [0.3, 0.4) is 0 Å². The van der Waals surface area contributed by atoms with Gasteiger partial charge in [-0.2, -0.15) is 0 Å². The van der Waals surface area contributed by atoms with Crippen molar-refractivity contribution in [3.63, 3.8) is 0 Å². The molecule has 4 heteroatoms. The van der Waals surface area contributed by atoms with Gasteiger partial charge in [-0.3, -0.25) is 4.90 Å². The van der Waals surface area contributed by atoms with Crippen molar-refractivity contribution in [1.82, 2.24) is 9.80 Å². The minimum absolute atomic E-state index is 0.188. The quantitative estimate of drug-likeness (QED) is 0.915. The minimum atomic E-state index is 0.188. The molecule has 2 atom stereocenters. The molecule has 2 unspecified atom stereocenters. The van der Waals surface area contributed by atoms with E-state index >= 15 is 0 Å². The highest BCUT2D eigenvalue weighted by Gasteiger charge is 2.34. The predicted molar refractivity (Wildman–Crippen MR) is 94.7 cm³/mol. The summed E-state index contributed by atoms with van der Waals surface area (Å²) in [4.78, 5) is 4.89. The van der Waals surface area contributed by atoms with E-state index in [1.54, 1.807) is 12.1 Å². The Morgan fingerprint density at radius 3 is 2.71 bits per heavy atom.